The third-order valence-corrected chi connectivity index (χ3v) is 3.44. The molecule has 122 valence electrons. The molecule has 6 nitrogen and oxygen atoms in total. The lowest BCUT2D eigenvalue weighted by Gasteiger charge is -2.05. The molecule has 0 atom stereocenters. The number of nitrogens with zero attached hydrogens (tertiary/aromatic N) is 1. The van der Waals surface area contributed by atoms with Crippen molar-refractivity contribution < 1.29 is 19.4 Å². The van der Waals surface area contributed by atoms with Crippen molar-refractivity contribution in [2.24, 2.45) is 0 Å². The number of hydrogen-bond acceptors (Lipinski definition) is 4. The number of nitrogens with one attached hydrogen (secondary N) is 1. The van der Waals surface area contributed by atoms with E-state index in [2.05, 4.69) is 5.32 Å². The van der Waals surface area contributed by atoms with Crippen LogP contribution in [0.4, 0.5) is 0 Å². The zero-order valence-electron chi connectivity index (χ0n) is 13.6. The van der Waals surface area contributed by atoms with Crippen LogP contribution >= 0.6 is 0 Å². The molecule has 0 aromatic carbocycles. The number of aliphatic hydroxyl groups is 1. The first kappa shape index (κ1) is 18.0. The SMILES string of the molecule is CCOC(=O)c1c(/C=C/C(=O)NCCO)c(C)n(CC)c1C. The molecule has 6 heteroatoms. The van der Waals surface area contributed by atoms with Crippen LogP contribution in [0.15, 0.2) is 6.08 Å². The lowest BCUT2D eigenvalue weighted by atomic mass is 10.1. The number of hydrogen-bond donors (Lipinski definition) is 2. The van der Waals surface area contributed by atoms with E-state index in [1.807, 2.05) is 25.3 Å². The van der Waals surface area contributed by atoms with Gasteiger partial charge in [0.15, 0.2) is 0 Å². The third-order valence-electron chi connectivity index (χ3n) is 3.44. The molecule has 0 aliphatic rings. The highest BCUT2D eigenvalue weighted by Crippen LogP contribution is 2.24. The Morgan fingerprint density at radius 1 is 1.27 bits per heavy atom. The molecule has 1 aromatic heterocycles. The van der Waals surface area contributed by atoms with Crippen molar-refractivity contribution in [2.45, 2.75) is 34.2 Å². The van der Waals surface area contributed by atoms with Gasteiger partial charge < -0.3 is 19.7 Å². The Morgan fingerprint density at radius 2 is 1.95 bits per heavy atom. The quantitative estimate of drug-likeness (QED) is 0.590. The Morgan fingerprint density at radius 3 is 2.50 bits per heavy atom. The van der Waals surface area contributed by atoms with Gasteiger partial charge in [0, 0.05) is 36.1 Å². The van der Waals surface area contributed by atoms with Crippen molar-refractivity contribution in [3.05, 3.63) is 28.6 Å². The number of aliphatic hydroxyl groups excluding tert-OH is 1. The first-order valence-electron chi connectivity index (χ1n) is 7.41. The summed E-state index contributed by atoms with van der Waals surface area (Å²) in [6, 6.07) is 0. The van der Waals surface area contributed by atoms with Gasteiger partial charge in [-0.3, -0.25) is 4.79 Å². The average molecular weight is 308 g/mol. The lowest BCUT2D eigenvalue weighted by Crippen LogP contribution is -2.24. The summed E-state index contributed by atoms with van der Waals surface area (Å²) in [5.41, 5.74) is 2.92. The van der Waals surface area contributed by atoms with Gasteiger partial charge in [-0.1, -0.05) is 0 Å². The number of amides is 1. The molecule has 0 radical (unpaired) electrons. The van der Waals surface area contributed by atoms with Crippen LogP contribution in [-0.4, -0.2) is 41.3 Å². The summed E-state index contributed by atoms with van der Waals surface area (Å²) in [5, 5.41) is 11.2. The Kier molecular flexibility index (Phi) is 6.85. The van der Waals surface area contributed by atoms with Crippen LogP contribution in [0.5, 0.6) is 0 Å². The Balaban J connectivity index is 3.19. The highest BCUT2D eigenvalue weighted by molar-refractivity contribution is 5.98. The van der Waals surface area contributed by atoms with E-state index in [1.54, 1.807) is 13.0 Å². The number of ether oxygens (including phenoxy) is 1. The average Bonchev–Trinajstić information content (AvgIpc) is 2.73. The molecular weight excluding hydrogens is 284 g/mol. The molecule has 0 bridgehead atoms. The fourth-order valence-corrected chi connectivity index (χ4v) is 2.44. The second-order valence-electron chi connectivity index (χ2n) is 4.77. The summed E-state index contributed by atoms with van der Waals surface area (Å²) in [6.07, 6.45) is 2.98. The highest BCUT2D eigenvalue weighted by Gasteiger charge is 2.22. The monoisotopic (exact) mass is 308 g/mol. The van der Waals surface area contributed by atoms with Crippen molar-refractivity contribution in [1.82, 2.24) is 9.88 Å². The molecule has 0 unspecified atom stereocenters. The largest absolute Gasteiger partial charge is 0.462 e. The predicted molar refractivity (Wildman–Crippen MR) is 84.7 cm³/mol. The molecule has 2 N–H and O–H groups in total. The van der Waals surface area contributed by atoms with E-state index in [-0.39, 0.29) is 25.0 Å². The van der Waals surface area contributed by atoms with Gasteiger partial charge >= 0.3 is 5.97 Å². The van der Waals surface area contributed by atoms with Crippen LogP contribution in [0.25, 0.3) is 6.08 Å². The van der Waals surface area contributed by atoms with Crippen molar-refractivity contribution in [2.75, 3.05) is 19.8 Å². The number of carbonyl (C=O) groups is 2. The summed E-state index contributed by atoms with van der Waals surface area (Å²) in [4.78, 5) is 23.8. The van der Waals surface area contributed by atoms with Gasteiger partial charge in [-0.15, -0.1) is 0 Å². The Hall–Kier alpha value is -2.08. The van der Waals surface area contributed by atoms with E-state index in [4.69, 9.17) is 9.84 Å². The van der Waals surface area contributed by atoms with E-state index in [0.717, 1.165) is 17.9 Å². The molecule has 0 aliphatic heterocycles. The molecule has 1 aromatic rings. The summed E-state index contributed by atoms with van der Waals surface area (Å²) in [7, 11) is 0. The normalized spacial score (nSPS) is 11.0. The van der Waals surface area contributed by atoms with Crippen LogP contribution in [0.2, 0.25) is 0 Å². The first-order valence-corrected chi connectivity index (χ1v) is 7.41. The van der Waals surface area contributed by atoms with Crippen molar-refractivity contribution in [3.8, 4) is 0 Å². The lowest BCUT2D eigenvalue weighted by molar-refractivity contribution is -0.116. The molecule has 1 amide bonds. The van der Waals surface area contributed by atoms with Gasteiger partial charge in [0.1, 0.15) is 0 Å². The number of aromatic nitrogens is 1. The molecule has 0 fully saturated rings. The van der Waals surface area contributed by atoms with Crippen molar-refractivity contribution in [1.29, 1.82) is 0 Å². The van der Waals surface area contributed by atoms with Crippen LogP contribution < -0.4 is 5.32 Å². The van der Waals surface area contributed by atoms with E-state index in [1.165, 1.54) is 6.08 Å². The van der Waals surface area contributed by atoms with E-state index >= 15 is 0 Å². The van der Waals surface area contributed by atoms with Gasteiger partial charge in [0.25, 0.3) is 0 Å². The van der Waals surface area contributed by atoms with Crippen LogP contribution in [0.1, 0.15) is 41.2 Å². The zero-order chi connectivity index (χ0) is 16.7. The van der Waals surface area contributed by atoms with E-state index in [9.17, 15) is 9.59 Å². The molecule has 0 aliphatic carbocycles. The minimum absolute atomic E-state index is 0.113. The zero-order valence-corrected chi connectivity index (χ0v) is 13.6. The fourth-order valence-electron chi connectivity index (χ4n) is 2.44. The van der Waals surface area contributed by atoms with Crippen molar-refractivity contribution in [3.63, 3.8) is 0 Å². The molecule has 0 spiro atoms. The van der Waals surface area contributed by atoms with E-state index in [0.29, 0.717) is 17.7 Å². The molecular formula is C16H24N2O4. The number of carbonyl (C=O) groups excluding carboxylic acids is 2. The third kappa shape index (κ3) is 3.98. The first-order chi connectivity index (χ1) is 10.5. The second-order valence-corrected chi connectivity index (χ2v) is 4.77. The van der Waals surface area contributed by atoms with Gasteiger partial charge in [-0.2, -0.15) is 0 Å². The Labute approximate surface area is 130 Å². The van der Waals surface area contributed by atoms with Gasteiger partial charge in [0.2, 0.25) is 5.91 Å². The molecule has 1 heterocycles. The molecule has 1 rings (SSSR count). The Bertz CT molecular complexity index is 573. The van der Waals surface area contributed by atoms with Crippen LogP contribution in [0.3, 0.4) is 0 Å². The fraction of sp³-hybridized carbons (Fsp3) is 0.500. The summed E-state index contributed by atoms with van der Waals surface area (Å²) < 4.78 is 7.13. The maximum absolute atomic E-state index is 12.2. The smallest absolute Gasteiger partial charge is 0.340 e. The molecule has 0 saturated heterocycles. The van der Waals surface area contributed by atoms with Crippen molar-refractivity contribution >= 4 is 18.0 Å². The van der Waals surface area contributed by atoms with Crippen LogP contribution in [0, 0.1) is 13.8 Å². The van der Waals surface area contributed by atoms with Gasteiger partial charge in [-0.05, 0) is 33.8 Å². The topological polar surface area (TPSA) is 80.6 Å². The number of rotatable bonds is 7. The highest BCUT2D eigenvalue weighted by atomic mass is 16.5. The van der Waals surface area contributed by atoms with E-state index < -0.39 is 0 Å². The molecule has 0 saturated carbocycles. The molecule has 22 heavy (non-hydrogen) atoms. The van der Waals surface area contributed by atoms with Gasteiger partial charge in [-0.25, -0.2) is 4.79 Å². The summed E-state index contributed by atoms with van der Waals surface area (Å²) in [5.74, 6) is -0.698. The standard InChI is InChI=1S/C16H24N2O4/c1-5-18-11(3)13(7-8-14(20)17-9-10-19)15(12(18)4)16(21)22-6-2/h7-8,19H,5-6,9-10H2,1-4H3,(H,17,20)/b8-7+. The predicted octanol–water partition coefficient (Wildman–Crippen LogP) is 1.42. The maximum atomic E-state index is 12.2. The maximum Gasteiger partial charge on any atom is 0.340 e. The summed E-state index contributed by atoms with van der Waals surface area (Å²) >= 11 is 0. The summed E-state index contributed by atoms with van der Waals surface area (Å²) in [6.45, 7) is 8.64. The second kappa shape index (κ2) is 8.38. The van der Waals surface area contributed by atoms with Gasteiger partial charge in [0.05, 0.1) is 18.8 Å². The minimum Gasteiger partial charge on any atom is -0.462 e. The minimum atomic E-state index is -0.384. The van der Waals surface area contributed by atoms with Crippen LogP contribution in [-0.2, 0) is 16.1 Å². The number of esters is 1.